The quantitative estimate of drug-likeness (QED) is 0.709. The van der Waals surface area contributed by atoms with Crippen LogP contribution in [0.3, 0.4) is 0 Å². The summed E-state index contributed by atoms with van der Waals surface area (Å²) < 4.78 is 0.983. The number of benzene rings is 2. The number of ketones is 1. The van der Waals surface area contributed by atoms with Crippen LogP contribution >= 0.6 is 15.9 Å². The zero-order valence-electron chi connectivity index (χ0n) is 11.2. The van der Waals surface area contributed by atoms with Crippen LogP contribution in [0.5, 0.6) is 0 Å². The first-order valence-corrected chi connectivity index (χ1v) is 7.31. The smallest absolute Gasteiger partial charge is 0.193 e. The Hall–Kier alpha value is -1.41. The Kier molecular flexibility index (Phi) is 4.54. The van der Waals surface area contributed by atoms with Crippen LogP contribution in [0.4, 0.5) is 0 Å². The molecule has 0 heterocycles. The third-order valence-corrected chi connectivity index (χ3v) is 3.99. The molecule has 0 amide bonds. The standard InChI is InChI=1S/C17H17BrO/c1-3-12(2)13-4-6-14(7-5-13)17(19)15-8-10-16(18)11-9-15/h4-12H,3H2,1-2H3. The third-order valence-electron chi connectivity index (χ3n) is 3.46. The van der Waals surface area contributed by atoms with Gasteiger partial charge in [-0.2, -0.15) is 0 Å². The van der Waals surface area contributed by atoms with Crippen LogP contribution in [-0.4, -0.2) is 5.78 Å². The van der Waals surface area contributed by atoms with Gasteiger partial charge in [0.05, 0.1) is 0 Å². The molecule has 0 saturated carbocycles. The molecule has 19 heavy (non-hydrogen) atoms. The predicted octanol–water partition coefficient (Wildman–Crippen LogP) is 5.19. The summed E-state index contributed by atoms with van der Waals surface area (Å²) >= 11 is 3.37. The van der Waals surface area contributed by atoms with Crippen LogP contribution < -0.4 is 0 Å². The van der Waals surface area contributed by atoms with Crippen molar-refractivity contribution in [2.45, 2.75) is 26.2 Å². The highest BCUT2D eigenvalue weighted by atomic mass is 79.9. The molecule has 0 radical (unpaired) electrons. The van der Waals surface area contributed by atoms with Gasteiger partial charge < -0.3 is 0 Å². The first-order chi connectivity index (χ1) is 9.11. The minimum atomic E-state index is 0.0724. The van der Waals surface area contributed by atoms with Gasteiger partial charge >= 0.3 is 0 Å². The van der Waals surface area contributed by atoms with Gasteiger partial charge in [-0.25, -0.2) is 0 Å². The summed E-state index contributed by atoms with van der Waals surface area (Å²) in [5.74, 6) is 0.611. The van der Waals surface area contributed by atoms with Gasteiger partial charge in [0, 0.05) is 15.6 Å². The Labute approximate surface area is 122 Å². The molecule has 1 atom stereocenters. The number of carbonyl (C=O) groups is 1. The van der Waals surface area contributed by atoms with Gasteiger partial charge in [-0.3, -0.25) is 4.79 Å². The molecule has 2 aromatic rings. The van der Waals surface area contributed by atoms with Gasteiger partial charge in [0.15, 0.2) is 5.78 Å². The molecule has 0 fully saturated rings. The van der Waals surface area contributed by atoms with E-state index in [1.807, 2.05) is 36.4 Å². The molecule has 0 saturated heterocycles. The van der Waals surface area contributed by atoms with Crippen molar-refractivity contribution in [3.05, 3.63) is 69.7 Å². The lowest BCUT2D eigenvalue weighted by atomic mass is 9.95. The van der Waals surface area contributed by atoms with Gasteiger partial charge in [0.2, 0.25) is 0 Å². The van der Waals surface area contributed by atoms with Crippen molar-refractivity contribution in [3.63, 3.8) is 0 Å². The number of hydrogen-bond acceptors (Lipinski definition) is 1. The van der Waals surface area contributed by atoms with E-state index in [-0.39, 0.29) is 5.78 Å². The van der Waals surface area contributed by atoms with Gasteiger partial charge in [0.1, 0.15) is 0 Å². The fourth-order valence-corrected chi connectivity index (χ4v) is 2.23. The average molecular weight is 317 g/mol. The van der Waals surface area contributed by atoms with Gasteiger partial charge in [-0.05, 0) is 42.2 Å². The van der Waals surface area contributed by atoms with Crippen LogP contribution in [0, 0.1) is 0 Å². The number of carbonyl (C=O) groups excluding carboxylic acids is 1. The topological polar surface area (TPSA) is 17.1 Å². The minimum Gasteiger partial charge on any atom is -0.289 e. The van der Waals surface area contributed by atoms with E-state index in [0.717, 1.165) is 22.0 Å². The molecule has 0 aliphatic heterocycles. The van der Waals surface area contributed by atoms with Crippen molar-refractivity contribution in [2.75, 3.05) is 0 Å². The second-order valence-electron chi connectivity index (χ2n) is 4.77. The van der Waals surface area contributed by atoms with E-state index in [2.05, 4.69) is 41.9 Å². The van der Waals surface area contributed by atoms with E-state index < -0.39 is 0 Å². The predicted molar refractivity (Wildman–Crippen MR) is 82.7 cm³/mol. The molecular weight excluding hydrogens is 300 g/mol. The average Bonchev–Trinajstić information content (AvgIpc) is 2.46. The van der Waals surface area contributed by atoms with Crippen molar-refractivity contribution in [1.82, 2.24) is 0 Å². The highest BCUT2D eigenvalue weighted by Crippen LogP contribution is 2.20. The highest BCUT2D eigenvalue weighted by molar-refractivity contribution is 9.10. The summed E-state index contributed by atoms with van der Waals surface area (Å²) in [5, 5.41) is 0. The number of hydrogen-bond donors (Lipinski definition) is 0. The molecule has 0 aromatic heterocycles. The second kappa shape index (κ2) is 6.16. The summed E-state index contributed by atoms with van der Waals surface area (Å²) in [7, 11) is 0. The van der Waals surface area contributed by atoms with Crippen LogP contribution in [0.15, 0.2) is 53.0 Å². The van der Waals surface area contributed by atoms with E-state index in [4.69, 9.17) is 0 Å². The third kappa shape index (κ3) is 3.32. The Morgan fingerprint density at radius 1 is 1.00 bits per heavy atom. The maximum absolute atomic E-state index is 12.3. The lowest BCUT2D eigenvalue weighted by Crippen LogP contribution is -2.01. The molecular formula is C17H17BrO. The largest absolute Gasteiger partial charge is 0.289 e. The maximum atomic E-state index is 12.3. The maximum Gasteiger partial charge on any atom is 0.193 e. The summed E-state index contributed by atoms with van der Waals surface area (Å²) in [6.45, 7) is 4.37. The summed E-state index contributed by atoms with van der Waals surface area (Å²) in [4.78, 5) is 12.3. The molecule has 1 nitrogen and oxygen atoms in total. The highest BCUT2D eigenvalue weighted by Gasteiger charge is 2.09. The van der Waals surface area contributed by atoms with Crippen molar-refractivity contribution in [1.29, 1.82) is 0 Å². The molecule has 2 heteroatoms. The van der Waals surface area contributed by atoms with Crippen LogP contribution in [0.25, 0.3) is 0 Å². The first kappa shape index (κ1) is 14.0. The SMILES string of the molecule is CCC(C)c1ccc(C(=O)c2ccc(Br)cc2)cc1. The van der Waals surface area contributed by atoms with Crippen LogP contribution in [0.2, 0.25) is 0 Å². The zero-order valence-corrected chi connectivity index (χ0v) is 12.8. The molecule has 1 unspecified atom stereocenters. The molecule has 0 N–H and O–H groups in total. The minimum absolute atomic E-state index is 0.0724. The molecule has 0 spiro atoms. The fraction of sp³-hybridized carbons (Fsp3) is 0.235. The van der Waals surface area contributed by atoms with Crippen LogP contribution in [0.1, 0.15) is 47.7 Å². The van der Waals surface area contributed by atoms with E-state index in [9.17, 15) is 4.79 Å². The Bertz CT molecular complexity index is 555. The Morgan fingerprint density at radius 3 is 1.95 bits per heavy atom. The summed E-state index contributed by atoms with van der Waals surface area (Å²) in [6, 6.07) is 15.4. The van der Waals surface area contributed by atoms with Crippen molar-refractivity contribution in [2.24, 2.45) is 0 Å². The number of rotatable bonds is 4. The summed E-state index contributed by atoms with van der Waals surface area (Å²) in [5.41, 5.74) is 2.75. The molecule has 0 aliphatic carbocycles. The Balaban J connectivity index is 2.22. The fourth-order valence-electron chi connectivity index (χ4n) is 1.97. The van der Waals surface area contributed by atoms with Gasteiger partial charge in [0.25, 0.3) is 0 Å². The van der Waals surface area contributed by atoms with E-state index >= 15 is 0 Å². The van der Waals surface area contributed by atoms with Gasteiger partial charge in [-0.15, -0.1) is 0 Å². The molecule has 2 aromatic carbocycles. The lowest BCUT2D eigenvalue weighted by molar-refractivity contribution is 0.103. The molecule has 2 rings (SSSR count). The Morgan fingerprint density at radius 2 is 1.47 bits per heavy atom. The molecule has 98 valence electrons. The van der Waals surface area contributed by atoms with Crippen molar-refractivity contribution < 1.29 is 4.79 Å². The van der Waals surface area contributed by atoms with E-state index in [0.29, 0.717) is 5.92 Å². The molecule has 0 aliphatic rings. The van der Waals surface area contributed by atoms with Crippen LogP contribution in [-0.2, 0) is 0 Å². The first-order valence-electron chi connectivity index (χ1n) is 6.52. The lowest BCUT2D eigenvalue weighted by Gasteiger charge is -2.09. The zero-order chi connectivity index (χ0) is 13.8. The van der Waals surface area contributed by atoms with Gasteiger partial charge in [-0.1, -0.05) is 54.0 Å². The number of halogens is 1. The van der Waals surface area contributed by atoms with E-state index in [1.165, 1.54) is 5.56 Å². The van der Waals surface area contributed by atoms with Crippen molar-refractivity contribution in [3.8, 4) is 0 Å². The normalized spacial score (nSPS) is 12.2. The monoisotopic (exact) mass is 316 g/mol. The van der Waals surface area contributed by atoms with Crippen molar-refractivity contribution >= 4 is 21.7 Å². The second-order valence-corrected chi connectivity index (χ2v) is 5.68. The van der Waals surface area contributed by atoms with E-state index in [1.54, 1.807) is 0 Å². The summed E-state index contributed by atoms with van der Waals surface area (Å²) in [6.07, 6.45) is 1.11. The molecule has 0 bridgehead atoms.